The Labute approximate surface area is 314 Å². The van der Waals surface area contributed by atoms with E-state index < -0.39 is 5.60 Å². The summed E-state index contributed by atoms with van der Waals surface area (Å²) in [6.45, 7) is 11.4. The van der Waals surface area contributed by atoms with Crippen molar-refractivity contribution < 1.29 is 19.1 Å². The van der Waals surface area contributed by atoms with E-state index in [0.717, 1.165) is 47.4 Å². The number of hydrogen-bond acceptors (Lipinski definition) is 9. The van der Waals surface area contributed by atoms with Crippen LogP contribution in [0, 0.1) is 5.41 Å². The van der Waals surface area contributed by atoms with E-state index in [0.29, 0.717) is 31.3 Å². The van der Waals surface area contributed by atoms with E-state index in [4.69, 9.17) is 26.1 Å². The minimum atomic E-state index is -0.515. The first-order valence-electron chi connectivity index (χ1n) is 17.8. The van der Waals surface area contributed by atoms with Gasteiger partial charge in [0.25, 0.3) is 0 Å². The summed E-state index contributed by atoms with van der Waals surface area (Å²) in [5.74, 6) is 0.868. The third-order valence-corrected chi connectivity index (χ3v) is 11.5. The van der Waals surface area contributed by atoms with Crippen LogP contribution in [-0.4, -0.2) is 78.0 Å². The molecule has 0 spiro atoms. The van der Waals surface area contributed by atoms with Gasteiger partial charge < -0.3 is 29.9 Å². The molecule has 2 amide bonds. The molecule has 272 valence electrons. The fraction of sp³-hybridized carbons (Fsp3) is 0.400. The molecule has 1 aromatic heterocycles. The summed E-state index contributed by atoms with van der Waals surface area (Å²) in [5.41, 5.74) is 5.11. The van der Waals surface area contributed by atoms with Crippen LogP contribution in [0.25, 0.3) is 11.1 Å². The third kappa shape index (κ3) is 8.10. The van der Waals surface area contributed by atoms with E-state index >= 15 is 0 Å². The van der Waals surface area contributed by atoms with Gasteiger partial charge in [-0.1, -0.05) is 84.9 Å². The second kappa shape index (κ2) is 14.9. The Balaban J connectivity index is 0.870. The van der Waals surface area contributed by atoms with Crippen molar-refractivity contribution in [3.05, 3.63) is 95.3 Å². The number of rotatable bonds is 9. The van der Waals surface area contributed by atoms with E-state index in [1.54, 1.807) is 11.1 Å². The lowest BCUT2D eigenvalue weighted by Gasteiger charge is -2.40. The molecule has 2 saturated heterocycles. The second-order valence-electron chi connectivity index (χ2n) is 15.1. The number of likely N-dealkylation sites (tertiary alicyclic amines) is 1. The lowest BCUT2D eigenvalue weighted by molar-refractivity contribution is 0.0495. The summed E-state index contributed by atoms with van der Waals surface area (Å²) in [5, 5.41) is 7.79. The molecule has 0 unspecified atom stereocenters. The van der Waals surface area contributed by atoms with Crippen LogP contribution < -0.4 is 15.5 Å². The molecule has 0 atom stereocenters. The molecule has 3 aromatic carbocycles. The van der Waals surface area contributed by atoms with Gasteiger partial charge in [-0.2, -0.15) is 0 Å². The predicted molar refractivity (Wildman–Crippen MR) is 205 cm³/mol. The molecule has 10 nitrogen and oxygen atoms in total. The minimum absolute atomic E-state index is 0.0103. The Hall–Kier alpha value is -4.48. The van der Waals surface area contributed by atoms with Crippen molar-refractivity contribution in [1.82, 2.24) is 20.2 Å². The highest BCUT2D eigenvalue weighted by molar-refractivity contribution is 7.99. The molecule has 3 aliphatic rings. The molecule has 12 heteroatoms. The molecule has 1 aliphatic carbocycles. The highest BCUT2D eigenvalue weighted by Crippen LogP contribution is 2.45. The van der Waals surface area contributed by atoms with Crippen molar-refractivity contribution in [3.63, 3.8) is 0 Å². The third-order valence-electron chi connectivity index (χ3n) is 9.98. The van der Waals surface area contributed by atoms with Gasteiger partial charge in [0.2, 0.25) is 0 Å². The number of piperidine rings is 1. The molecule has 0 saturated carbocycles. The summed E-state index contributed by atoms with van der Waals surface area (Å²) in [6.07, 6.45) is 4.75. The molecular formula is C40H45ClN6O4S. The van der Waals surface area contributed by atoms with Gasteiger partial charge >= 0.3 is 12.2 Å². The molecular weight excluding hydrogens is 696 g/mol. The summed E-state index contributed by atoms with van der Waals surface area (Å²) in [7, 11) is 0. The van der Waals surface area contributed by atoms with E-state index in [1.165, 1.54) is 34.0 Å². The largest absolute Gasteiger partial charge is 0.448 e. The number of aromatic nitrogens is 2. The quantitative estimate of drug-likeness (QED) is 0.175. The summed E-state index contributed by atoms with van der Waals surface area (Å²) >= 11 is 8.33. The van der Waals surface area contributed by atoms with E-state index in [9.17, 15) is 9.59 Å². The number of fused-ring (bicyclic) bond motifs is 3. The Morgan fingerprint density at radius 2 is 1.62 bits per heavy atom. The predicted octanol–water partition coefficient (Wildman–Crippen LogP) is 8.46. The molecule has 0 radical (unpaired) electrons. The van der Waals surface area contributed by atoms with E-state index in [-0.39, 0.29) is 29.6 Å². The standard InChI is InChI=1S/C40H45ClN6O4S/c1-39(2,3)51-37(48)44-25-40(4)16-18-46(19-17-40)34-20-43-35(21-42-34)52-33-15-9-14-32(36(33)41)45-26-22-47(23-26)38(49)50-24-31-29-12-7-5-10-27(29)28-11-6-8-13-30(28)31/h5-15,20-21,26,31,45H,16-19,22-25H2,1-4H3,(H,44,48). The number of alkyl carbamates (subject to hydrolysis) is 1. The number of amides is 2. The Bertz CT molecular complexity index is 1880. The molecule has 2 aliphatic heterocycles. The Morgan fingerprint density at radius 3 is 2.25 bits per heavy atom. The number of hydrogen-bond donors (Lipinski definition) is 2. The lowest BCUT2D eigenvalue weighted by Crippen LogP contribution is -2.57. The first-order valence-corrected chi connectivity index (χ1v) is 19.0. The van der Waals surface area contributed by atoms with E-state index in [2.05, 4.69) is 51.7 Å². The number of anilines is 2. The number of nitrogens with one attached hydrogen (secondary N) is 2. The SMILES string of the molecule is CC1(CNC(=O)OC(C)(C)C)CCN(c2cnc(Sc3cccc(NC4CN(C(=O)OCC5c6ccccc6-c6ccccc65)C4)c3Cl)cn2)CC1. The second-order valence-corrected chi connectivity index (χ2v) is 16.6. The topological polar surface area (TPSA) is 109 Å². The molecule has 0 bridgehead atoms. The maximum absolute atomic E-state index is 13.0. The maximum Gasteiger partial charge on any atom is 0.409 e. The highest BCUT2D eigenvalue weighted by Gasteiger charge is 2.35. The van der Waals surface area contributed by atoms with Crippen LogP contribution in [0.5, 0.6) is 0 Å². The molecule has 2 fully saturated rings. The highest BCUT2D eigenvalue weighted by atomic mass is 35.5. The van der Waals surface area contributed by atoms with Crippen molar-refractivity contribution in [2.24, 2.45) is 5.41 Å². The van der Waals surface area contributed by atoms with Crippen LogP contribution in [-0.2, 0) is 9.47 Å². The zero-order chi connectivity index (χ0) is 36.5. The number of carbonyl (C=O) groups excluding carboxylic acids is 2. The number of carbonyl (C=O) groups is 2. The van der Waals surface area contributed by atoms with Crippen LogP contribution in [0.1, 0.15) is 57.6 Å². The average Bonchev–Trinajstić information content (AvgIpc) is 3.43. The summed E-state index contributed by atoms with van der Waals surface area (Å²) in [4.78, 5) is 39.4. The van der Waals surface area contributed by atoms with Crippen molar-refractivity contribution >= 4 is 47.1 Å². The van der Waals surface area contributed by atoms with Crippen molar-refractivity contribution in [1.29, 1.82) is 0 Å². The zero-order valence-electron chi connectivity index (χ0n) is 30.0. The van der Waals surface area contributed by atoms with Gasteiger partial charge in [-0.3, -0.25) is 0 Å². The first-order chi connectivity index (χ1) is 24.9. The normalized spacial score (nSPS) is 16.8. The van der Waals surface area contributed by atoms with Gasteiger partial charge in [0.15, 0.2) is 0 Å². The van der Waals surface area contributed by atoms with Crippen LogP contribution in [0.3, 0.4) is 0 Å². The van der Waals surface area contributed by atoms with Gasteiger partial charge in [0.1, 0.15) is 23.1 Å². The summed E-state index contributed by atoms with van der Waals surface area (Å²) < 4.78 is 11.2. The first kappa shape index (κ1) is 35.9. The number of halogens is 1. The smallest absolute Gasteiger partial charge is 0.409 e. The van der Waals surface area contributed by atoms with Crippen molar-refractivity contribution in [3.8, 4) is 11.1 Å². The van der Waals surface area contributed by atoms with Crippen LogP contribution in [0.2, 0.25) is 5.02 Å². The van der Waals surface area contributed by atoms with Crippen LogP contribution in [0.15, 0.2) is 89.0 Å². The number of nitrogens with zero attached hydrogens (tertiary/aromatic N) is 4. The number of benzene rings is 3. The lowest BCUT2D eigenvalue weighted by atomic mass is 9.80. The maximum atomic E-state index is 13.0. The fourth-order valence-electron chi connectivity index (χ4n) is 7.02. The van der Waals surface area contributed by atoms with Gasteiger partial charge in [-0.15, -0.1) is 0 Å². The zero-order valence-corrected chi connectivity index (χ0v) is 31.6. The molecule has 3 heterocycles. The van der Waals surface area contributed by atoms with E-state index in [1.807, 2.05) is 69.4 Å². The monoisotopic (exact) mass is 740 g/mol. The van der Waals surface area contributed by atoms with Gasteiger partial charge in [-0.05, 0) is 73.4 Å². The number of ether oxygens (including phenoxy) is 2. The van der Waals surface area contributed by atoms with Gasteiger partial charge in [-0.25, -0.2) is 19.6 Å². The molecule has 52 heavy (non-hydrogen) atoms. The molecule has 2 N–H and O–H groups in total. The molecule has 4 aromatic rings. The Kier molecular flexibility index (Phi) is 10.3. The van der Waals surface area contributed by atoms with Gasteiger partial charge in [0, 0.05) is 43.5 Å². The van der Waals surface area contributed by atoms with Crippen molar-refractivity contribution in [2.75, 3.05) is 49.5 Å². The molecule has 7 rings (SSSR count). The fourth-order valence-corrected chi connectivity index (χ4v) is 8.09. The minimum Gasteiger partial charge on any atom is -0.448 e. The van der Waals surface area contributed by atoms with Crippen LogP contribution in [0.4, 0.5) is 21.1 Å². The van der Waals surface area contributed by atoms with Crippen LogP contribution >= 0.6 is 23.4 Å². The van der Waals surface area contributed by atoms with Gasteiger partial charge in [0.05, 0.1) is 29.1 Å². The summed E-state index contributed by atoms with van der Waals surface area (Å²) in [6, 6.07) is 22.6. The Morgan fingerprint density at radius 1 is 0.942 bits per heavy atom. The van der Waals surface area contributed by atoms with Crippen molar-refractivity contribution in [2.45, 2.75) is 68.0 Å². The average molecular weight is 741 g/mol.